The van der Waals surface area contributed by atoms with Crippen molar-refractivity contribution >= 4 is 6.09 Å². The molecule has 2 atom stereocenters. The van der Waals surface area contributed by atoms with E-state index in [1.165, 1.54) is 0 Å². The second kappa shape index (κ2) is 9.93. The first kappa shape index (κ1) is 18.1. The molecule has 8 heteroatoms. The van der Waals surface area contributed by atoms with E-state index in [4.69, 9.17) is 14.9 Å². The van der Waals surface area contributed by atoms with Crippen molar-refractivity contribution in [2.24, 2.45) is 0 Å². The third-order valence-corrected chi connectivity index (χ3v) is 2.43. The highest BCUT2D eigenvalue weighted by molar-refractivity contribution is 5.67. The number of rotatable bonds is 9. The number of carbonyl (C=O) groups excluding carboxylic acids is 1. The molecule has 0 aromatic carbocycles. The Bertz CT molecular complexity index is 241. The summed E-state index contributed by atoms with van der Waals surface area (Å²) in [5, 5.41) is 38.8. The van der Waals surface area contributed by atoms with E-state index in [1.807, 2.05) is 19.0 Å². The summed E-state index contributed by atoms with van der Waals surface area (Å²) in [5.74, 6) is 0. The fourth-order valence-corrected chi connectivity index (χ4v) is 1.37. The van der Waals surface area contributed by atoms with Gasteiger partial charge in [0.25, 0.3) is 0 Å². The SMILES string of the molecule is CN(C)CCCNC(=O)OC(C(O)CO)C(O)CO. The largest absolute Gasteiger partial charge is 0.441 e. The van der Waals surface area contributed by atoms with Gasteiger partial charge in [-0.25, -0.2) is 4.79 Å². The number of nitrogens with zero attached hydrogens (tertiary/aromatic N) is 1. The summed E-state index contributed by atoms with van der Waals surface area (Å²) in [6.07, 6.45) is -4.37. The summed E-state index contributed by atoms with van der Waals surface area (Å²) in [7, 11) is 3.81. The topological polar surface area (TPSA) is 122 Å². The molecule has 0 spiro atoms. The molecule has 19 heavy (non-hydrogen) atoms. The molecule has 2 unspecified atom stereocenters. The summed E-state index contributed by atoms with van der Waals surface area (Å²) < 4.78 is 4.78. The summed E-state index contributed by atoms with van der Waals surface area (Å²) in [5.41, 5.74) is 0. The molecule has 1 amide bonds. The van der Waals surface area contributed by atoms with E-state index < -0.39 is 37.6 Å². The maximum Gasteiger partial charge on any atom is 0.407 e. The lowest BCUT2D eigenvalue weighted by atomic mass is 10.1. The van der Waals surface area contributed by atoms with Crippen molar-refractivity contribution in [2.45, 2.75) is 24.7 Å². The van der Waals surface area contributed by atoms with Gasteiger partial charge >= 0.3 is 6.09 Å². The second-order valence-corrected chi connectivity index (χ2v) is 4.45. The van der Waals surface area contributed by atoms with Gasteiger partial charge in [-0.2, -0.15) is 0 Å². The minimum absolute atomic E-state index is 0.383. The monoisotopic (exact) mass is 280 g/mol. The van der Waals surface area contributed by atoms with Gasteiger partial charge in [0.15, 0.2) is 6.10 Å². The smallest absolute Gasteiger partial charge is 0.407 e. The Balaban J connectivity index is 4.09. The van der Waals surface area contributed by atoms with Crippen LogP contribution in [0.5, 0.6) is 0 Å². The molecule has 0 saturated heterocycles. The van der Waals surface area contributed by atoms with Crippen LogP contribution >= 0.6 is 0 Å². The highest BCUT2D eigenvalue weighted by Gasteiger charge is 2.29. The third kappa shape index (κ3) is 7.96. The normalized spacial score (nSPS) is 15.9. The first-order valence-corrected chi connectivity index (χ1v) is 6.09. The minimum atomic E-state index is -1.45. The predicted octanol–water partition coefficient (Wildman–Crippen LogP) is -2.26. The van der Waals surface area contributed by atoms with E-state index in [0.717, 1.165) is 13.0 Å². The lowest BCUT2D eigenvalue weighted by Crippen LogP contribution is -2.46. The molecule has 114 valence electrons. The average Bonchev–Trinajstić information content (AvgIpc) is 2.39. The summed E-state index contributed by atoms with van der Waals surface area (Å²) in [6.45, 7) is -0.193. The molecule has 0 rings (SSSR count). The minimum Gasteiger partial charge on any atom is -0.441 e. The molecule has 0 saturated carbocycles. The van der Waals surface area contributed by atoms with Crippen molar-refractivity contribution < 1.29 is 30.0 Å². The van der Waals surface area contributed by atoms with Crippen LogP contribution in [-0.4, -0.2) is 90.1 Å². The number of aliphatic hydroxyl groups is 4. The highest BCUT2D eigenvalue weighted by atomic mass is 16.6. The van der Waals surface area contributed by atoms with E-state index in [2.05, 4.69) is 5.32 Å². The van der Waals surface area contributed by atoms with Crippen LogP contribution < -0.4 is 5.32 Å². The van der Waals surface area contributed by atoms with Crippen LogP contribution in [0, 0.1) is 0 Å². The van der Waals surface area contributed by atoms with Crippen LogP contribution in [0.1, 0.15) is 6.42 Å². The second-order valence-electron chi connectivity index (χ2n) is 4.45. The number of ether oxygens (including phenoxy) is 1. The molecule has 5 N–H and O–H groups in total. The van der Waals surface area contributed by atoms with Crippen LogP contribution in [0.15, 0.2) is 0 Å². The van der Waals surface area contributed by atoms with Gasteiger partial charge in [-0.05, 0) is 27.1 Å². The summed E-state index contributed by atoms with van der Waals surface area (Å²) >= 11 is 0. The van der Waals surface area contributed by atoms with Crippen LogP contribution in [0.25, 0.3) is 0 Å². The van der Waals surface area contributed by atoms with Crippen LogP contribution in [-0.2, 0) is 4.74 Å². The van der Waals surface area contributed by atoms with E-state index in [0.29, 0.717) is 6.54 Å². The Morgan fingerprint density at radius 1 is 1.21 bits per heavy atom. The molecule has 0 aromatic heterocycles. The molecule has 8 nitrogen and oxygen atoms in total. The van der Waals surface area contributed by atoms with Crippen molar-refractivity contribution in [3.8, 4) is 0 Å². The van der Waals surface area contributed by atoms with Gasteiger partial charge in [0, 0.05) is 6.54 Å². The molecule has 0 aromatic rings. The van der Waals surface area contributed by atoms with Crippen molar-refractivity contribution in [3.63, 3.8) is 0 Å². The van der Waals surface area contributed by atoms with Gasteiger partial charge in [-0.15, -0.1) is 0 Å². The first-order valence-electron chi connectivity index (χ1n) is 6.09. The molecule has 0 aliphatic heterocycles. The number of hydrogen-bond acceptors (Lipinski definition) is 7. The number of hydrogen-bond donors (Lipinski definition) is 5. The quantitative estimate of drug-likeness (QED) is 0.302. The molecule has 0 aliphatic rings. The van der Waals surface area contributed by atoms with E-state index in [-0.39, 0.29) is 0 Å². The van der Waals surface area contributed by atoms with Gasteiger partial charge in [-0.3, -0.25) is 0 Å². The molecular formula is C11H24N2O6. The molecule has 0 heterocycles. The maximum absolute atomic E-state index is 11.4. The molecule has 0 radical (unpaired) electrons. The van der Waals surface area contributed by atoms with Gasteiger partial charge < -0.3 is 35.4 Å². The summed E-state index contributed by atoms with van der Waals surface area (Å²) in [4.78, 5) is 13.4. The fraction of sp³-hybridized carbons (Fsp3) is 0.909. The average molecular weight is 280 g/mol. The zero-order valence-corrected chi connectivity index (χ0v) is 11.3. The Kier molecular flexibility index (Phi) is 9.44. The van der Waals surface area contributed by atoms with Gasteiger partial charge in [0.2, 0.25) is 0 Å². The van der Waals surface area contributed by atoms with Crippen molar-refractivity contribution in [2.75, 3.05) is 40.4 Å². The van der Waals surface area contributed by atoms with E-state index in [1.54, 1.807) is 0 Å². The van der Waals surface area contributed by atoms with Crippen LogP contribution in [0.3, 0.4) is 0 Å². The zero-order chi connectivity index (χ0) is 14.8. The molecule has 0 aliphatic carbocycles. The lowest BCUT2D eigenvalue weighted by Gasteiger charge is -2.25. The van der Waals surface area contributed by atoms with Crippen LogP contribution in [0.2, 0.25) is 0 Å². The van der Waals surface area contributed by atoms with E-state index in [9.17, 15) is 15.0 Å². The number of aliphatic hydroxyl groups excluding tert-OH is 4. The highest BCUT2D eigenvalue weighted by Crippen LogP contribution is 2.06. The standard InChI is InChI=1S/C11H24N2O6/c1-13(2)5-3-4-12-11(18)19-10(8(16)6-14)9(17)7-15/h8-10,14-17H,3-7H2,1-2H3,(H,12,18). The Hall–Kier alpha value is -0.930. The fourth-order valence-electron chi connectivity index (χ4n) is 1.37. The van der Waals surface area contributed by atoms with Crippen molar-refractivity contribution in [1.29, 1.82) is 0 Å². The Labute approximate surface area is 112 Å². The lowest BCUT2D eigenvalue weighted by molar-refractivity contribution is -0.0941. The molecule has 0 bridgehead atoms. The van der Waals surface area contributed by atoms with Gasteiger partial charge in [-0.1, -0.05) is 0 Å². The third-order valence-electron chi connectivity index (χ3n) is 2.43. The predicted molar refractivity (Wildman–Crippen MR) is 67.6 cm³/mol. The number of carbonyl (C=O) groups is 1. The van der Waals surface area contributed by atoms with Gasteiger partial charge in [0.05, 0.1) is 13.2 Å². The first-order chi connectivity index (χ1) is 8.92. The van der Waals surface area contributed by atoms with E-state index >= 15 is 0 Å². The molecular weight excluding hydrogens is 256 g/mol. The maximum atomic E-state index is 11.4. The number of amides is 1. The van der Waals surface area contributed by atoms with Gasteiger partial charge in [0.1, 0.15) is 12.2 Å². The number of nitrogens with one attached hydrogen (secondary N) is 1. The van der Waals surface area contributed by atoms with Crippen LogP contribution in [0.4, 0.5) is 4.79 Å². The van der Waals surface area contributed by atoms with Crippen molar-refractivity contribution in [1.82, 2.24) is 10.2 Å². The zero-order valence-electron chi connectivity index (χ0n) is 11.3. The summed E-state index contributed by atoms with van der Waals surface area (Å²) in [6, 6.07) is 0. The number of alkyl carbamates (subject to hydrolysis) is 1. The molecule has 0 fully saturated rings. The Morgan fingerprint density at radius 3 is 2.16 bits per heavy atom. The Morgan fingerprint density at radius 2 is 1.74 bits per heavy atom. The van der Waals surface area contributed by atoms with Crippen molar-refractivity contribution in [3.05, 3.63) is 0 Å².